The van der Waals surface area contributed by atoms with E-state index < -0.39 is 23.3 Å². The number of barbiturate groups is 1. The van der Waals surface area contributed by atoms with Gasteiger partial charge in [-0.1, -0.05) is 12.8 Å². The van der Waals surface area contributed by atoms with E-state index in [1.807, 2.05) is 0 Å². The van der Waals surface area contributed by atoms with Crippen LogP contribution in [0.15, 0.2) is 12.3 Å². The molecule has 0 aromatic carbocycles. The highest BCUT2D eigenvalue weighted by molar-refractivity contribution is 6.19. The lowest BCUT2D eigenvalue weighted by Gasteiger charge is -2.36. The molecule has 0 bridgehead atoms. The molecule has 1 aromatic rings. The van der Waals surface area contributed by atoms with Crippen LogP contribution in [0.2, 0.25) is 0 Å². The minimum absolute atomic E-state index is 0.0586. The third kappa shape index (κ3) is 2.18. The number of hydrogen-bond acceptors (Lipinski definition) is 5. The molecule has 1 aliphatic carbocycles. The molecule has 1 saturated heterocycles. The maximum absolute atomic E-state index is 12.7. The third-order valence-electron chi connectivity index (χ3n) is 4.17. The van der Waals surface area contributed by atoms with Crippen LogP contribution < -0.4 is 5.32 Å². The molecule has 2 heterocycles. The van der Waals surface area contributed by atoms with Gasteiger partial charge in [0.15, 0.2) is 0 Å². The molecule has 0 atom stereocenters. The Hall–Kier alpha value is -2.31. The molecule has 1 saturated carbocycles. The van der Waals surface area contributed by atoms with Gasteiger partial charge in [-0.25, -0.2) is 14.8 Å². The largest absolute Gasteiger partial charge is 0.331 e. The first kappa shape index (κ1) is 13.7. The van der Waals surface area contributed by atoms with Gasteiger partial charge in [0, 0.05) is 6.20 Å². The molecular weight excluding hydrogens is 272 g/mol. The Kier molecular flexibility index (Phi) is 3.19. The zero-order valence-electron chi connectivity index (χ0n) is 11.8. The van der Waals surface area contributed by atoms with Gasteiger partial charge in [0.05, 0.1) is 12.2 Å². The van der Waals surface area contributed by atoms with Crippen molar-refractivity contribution in [2.45, 2.75) is 39.2 Å². The fraction of sp³-hybridized carbons (Fsp3) is 0.500. The minimum Gasteiger partial charge on any atom is -0.277 e. The highest BCUT2D eigenvalue weighted by Crippen LogP contribution is 2.41. The molecule has 7 nitrogen and oxygen atoms in total. The molecule has 21 heavy (non-hydrogen) atoms. The summed E-state index contributed by atoms with van der Waals surface area (Å²) >= 11 is 0. The predicted molar refractivity (Wildman–Crippen MR) is 71.8 cm³/mol. The number of imide groups is 2. The van der Waals surface area contributed by atoms with Crippen LogP contribution in [0, 0.1) is 12.3 Å². The number of aromatic nitrogens is 2. The van der Waals surface area contributed by atoms with Gasteiger partial charge in [-0.05, 0) is 25.8 Å². The Labute approximate surface area is 121 Å². The molecule has 0 unspecified atom stereocenters. The zero-order valence-corrected chi connectivity index (χ0v) is 11.8. The molecule has 1 N–H and O–H groups in total. The lowest BCUT2D eigenvalue weighted by Crippen LogP contribution is -2.62. The van der Waals surface area contributed by atoms with Crippen LogP contribution in [0.5, 0.6) is 0 Å². The van der Waals surface area contributed by atoms with E-state index in [-0.39, 0.29) is 6.54 Å². The molecule has 1 aliphatic heterocycles. The van der Waals surface area contributed by atoms with E-state index in [0.29, 0.717) is 24.4 Å². The summed E-state index contributed by atoms with van der Waals surface area (Å²) in [5, 5.41) is 2.31. The Morgan fingerprint density at radius 3 is 2.67 bits per heavy atom. The number of rotatable bonds is 2. The number of nitrogens with one attached hydrogen (secondary N) is 1. The van der Waals surface area contributed by atoms with E-state index in [1.165, 1.54) is 0 Å². The second-order valence-electron chi connectivity index (χ2n) is 5.53. The van der Waals surface area contributed by atoms with E-state index in [1.54, 1.807) is 19.2 Å². The van der Waals surface area contributed by atoms with Gasteiger partial charge in [0.25, 0.3) is 0 Å². The minimum atomic E-state index is -1.06. The molecule has 1 aromatic heterocycles. The Balaban J connectivity index is 1.89. The summed E-state index contributed by atoms with van der Waals surface area (Å²) in [6.45, 7) is 1.80. The fourth-order valence-corrected chi connectivity index (χ4v) is 3.05. The van der Waals surface area contributed by atoms with Gasteiger partial charge in [0.2, 0.25) is 11.8 Å². The van der Waals surface area contributed by atoms with Gasteiger partial charge < -0.3 is 0 Å². The first-order valence-corrected chi connectivity index (χ1v) is 6.99. The van der Waals surface area contributed by atoms with Crippen LogP contribution in [0.1, 0.15) is 37.2 Å². The Morgan fingerprint density at radius 1 is 1.29 bits per heavy atom. The van der Waals surface area contributed by atoms with Crippen LogP contribution in [0.25, 0.3) is 0 Å². The lowest BCUT2D eigenvalue weighted by atomic mass is 9.82. The lowest BCUT2D eigenvalue weighted by molar-refractivity contribution is -0.151. The van der Waals surface area contributed by atoms with E-state index >= 15 is 0 Å². The number of amides is 4. The quantitative estimate of drug-likeness (QED) is 0.817. The highest BCUT2D eigenvalue weighted by atomic mass is 16.2. The van der Waals surface area contributed by atoms with Crippen LogP contribution in [-0.2, 0) is 16.1 Å². The van der Waals surface area contributed by atoms with Crippen LogP contribution in [0.4, 0.5) is 4.79 Å². The highest BCUT2D eigenvalue weighted by Gasteiger charge is 2.54. The first-order chi connectivity index (χ1) is 10.0. The second kappa shape index (κ2) is 4.91. The molecule has 1 spiro atoms. The number of carbonyl (C=O) groups is 3. The first-order valence-electron chi connectivity index (χ1n) is 6.99. The van der Waals surface area contributed by atoms with E-state index in [9.17, 15) is 14.4 Å². The maximum atomic E-state index is 12.7. The van der Waals surface area contributed by atoms with Crippen molar-refractivity contribution in [3.05, 3.63) is 23.8 Å². The Bertz CT molecular complexity index is 622. The summed E-state index contributed by atoms with van der Waals surface area (Å²) < 4.78 is 0. The fourth-order valence-electron chi connectivity index (χ4n) is 3.05. The Morgan fingerprint density at radius 2 is 2.00 bits per heavy atom. The van der Waals surface area contributed by atoms with E-state index in [2.05, 4.69) is 15.3 Å². The molecular formula is C14H16N4O3. The summed E-state index contributed by atoms with van der Waals surface area (Å²) in [5.41, 5.74) is -0.482. The number of hydrogen-bond donors (Lipinski definition) is 1. The van der Waals surface area contributed by atoms with Crippen molar-refractivity contribution >= 4 is 17.8 Å². The van der Waals surface area contributed by atoms with Gasteiger partial charge in [-0.15, -0.1) is 0 Å². The number of urea groups is 1. The average molecular weight is 288 g/mol. The van der Waals surface area contributed by atoms with Crippen molar-refractivity contribution in [2.75, 3.05) is 0 Å². The molecule has 4 amide bonds. The molecule has 110 valence electrons. The topological polar surface area (TPSA) is 92.3 Å². The van der Waals surface area contributed by atoms with Crippen molar-refractivity contribution in [1.82, 2.24) is 20.2 Å². The smallest absolute Gasteiger partial charge is 0.277 e. The van der Waals surface area contributed by atoms with E-state index in [4.69, 9.17) is 0 Å². The van der Waals surface area contributed by atoms with Gasteiger partial charge in [-0.2, -0.15) is 0 Å². The molecule has 7 heteroatoms. The van der Waals surface area contributed by atoms with Crippen molar-refractivity contribution in [3.8, 4) is 0 Å². The molecule has 0 radical (unpaired) electrons. The van der Waals surface area contributed by atoms with Crippen molar-refractivity contribution < 1.29 is 14.4 Å². The van der Waals surface area contributed by atoms with Gasteiger partial charge in [-0.3, -0.25) is 19.8 Å². The summed E-state index contributed by atoms with van der Waals surface area (Å²) in [4.78, 5) is 46.0. The SMILES string of the molecule is Cc1nccc(CN2C(=O)NC(=O)C3(CCCC3)C2=O)n1. The summed E-state index contributed by atoms with van der Waals surface area (Å²) in [5.74, 6) is -0.279. The summed E-state index contributed by atoms with van der Waals surface area (Å²) in [6, 6.07) is 0.990. The van der Waals surface area contributed by atoms with Crippen LogP contribution in [-0.4, -0.2) is 32.7 Å². The maximum Gasteiger partial charge on any atom is 0.331 e. The van der Waals surface area contributed by atoms with Gasteiger partial charge in [0.1, 0.15) is 11.2 Å². The molecule has 3 rings (SSSR count). The monoisotopic (exact) mass is 288 g/mol. The second-order valence-corrected chi connectivity index (χ2v) is 5.53. The average Bonchev–Trinajstić information content (AvgIpc) is 2.93. The van der Waals surface area contributed by atoms with Crippen LogP contribution in [0.3, 0.4) is 0 Å². The predicted octanol–water partition coefficient (Wildman–Crippen LogP) is 0.924. The van der Waals surface area contributed by atoms with Gasteiger partial charge >= 0.3 is 6.03 Å². The standard InChI is InChI=1S/C14H16N4O3/c1-9-15-7-4-10(16-9)8-18-12(20)14(5-2-3-6-14)11(19)17-13(18)21/h4,7H,2-3,5-6,8H2,1H3,(H,17,19,21). The number of nitrogens with zero attached hydrogens (tertiary/aromatic N) is 3. The van der Waals surface area contributed by atoms with Crippen LogP contribution >= 0.6 is 0 Å². The zero-order chi connectivity index (χ0) is 15.0. The van der Waals surface area contributed by atoms with Crippen molar-refractivity contribution in [1.29, 1.82) is 0 Å². The van der Waals surface area contributed by atoms with Crippen molar-refractivity contribution in [3.63, 3.8) is 0 Å². The summed E-state index contributed by atoms with van der Waals surface area (Å²) in [6.07, 6.45) is 4.25. The van der Waals surface area contributed by atoms with Crippen molar-refractivity contribution in [2.24, 2.45) is 5.41 Å². The normalized spacial score (nSPS) is 21.0. The number of aryl methyl sites for hydroxylation is 1. The third-order valence-corrected chi connectivity index (χ3v) is 4.17. The summed E-state index contributed by atoms with van der Waals surface area (Å²) in [7, 11) is 0. The number of carbonyl (C=O) groups excluding carboxylic acids is 3. The molecule has 2 aliphatic rings. The molecule has 2 fully saturated rings. The van der Waals surface area contributed by atoms with E-state index in [0.717, 1.165) is 17.7 Å².